The lowest BCUT2D eigenvalue weighted by Gasteiger charge is -2.23. The van der Waals surface area contributed by atoms with Gasteiger partial charge in [-0.05, 0) is 50.8 Å². The van der Waals surface area contributed by atoms with E-state index in [0.717, 1.165) is 15.8 Å². The number of rotatable bonds is 7. The maximum Gasteiger partial charge on any atom is 0.261 e. The van der Waals surface area contributed by atoms with Crippen molar-refractivity contribution in [3.8, 4) is 0 Å². The fraction of sp³-hybridized carbons (Fsp3) is 0.333. The molecule has 0 aliphatic heterocycles. The van der Waals surface area contributed by atoms with Gasteiger partial charge in [-0.1, -0.05) is 36.5 Å². The summed E-state index contributed by atoms with van der Waals surface area (Å²) in [5, 5.41) is 0.571. The number of aromatic nitrogens is 1. The highest BCUT2D eigenvalue weighted by Crippen LogP contribution is 2.31. The molecule has 0 spiro atoms. The highest BCUT2D eigenvalue weighted by Gasteiger charge is 2.27. The molecular weight excluding hydrogens is 442 g/mol. The number of aryl methyl sites for hydroxylation is 1. The summed E-state index contributed by atoms with van der Waals surface area (Å²) in [6.45, 7) is 4.63. The summed E-state index contributed by atoms with van der Waals surface area (Å²) in [6.07, 6.45) is 0. The van der Waals surface area contributed by atoms with Crippen LogP contribution in [0.1, 0.15) is 22.8 Å². The molecule has 1 amide bonds. The molecule has 9 heteroatoms. The molecule has 0 aliphatic rings. The third kappa shape index (κ3) is 5.18. The van der Waals surface area contributed by atoms with Crippen molar-refractivity contribution in [1.82, 2.24) is 9.88 Å². The molecule has 0 fully saturated rings. The number of anilines is 1. The van der Waals surface area contributed by atoms with Crippen LogP contribution in [0.4, 0.5) is 5.13 Å². The van der Waals surface area contributed by atoms with Crippen LogP contribution >= 0.6 is 23.7 Å². The predicted octanol–water partition coefficient (Wildman–Crippen LogP) is 4.03. The van der Waals surface area contributed by atoms with E-state index in [9.17, 15) is 13.2 Å². The van der Waals surface area contributed by atoms with Gasteiger partial charge in [0.25, 0.3) is 5.91 Å². The number of hydrogen-bond acceptors (Lipinski definition) is 6. The number of fused-ring (bicyclic) bond motifs is 1. The molecule has 0 radical (unpaired) electrons. The van der Waals surface area contributed by atoms with Crippen molar-refractivity contribution in [2.24, 2.45) is 0 Å². The van der Waals surface area contributed by atoms with Gasteiger partial charge in [0.1, 0.15) is 0 Å². The molecule has 3 rings (SSSR count). The van der Waals surface area contributed by atoms with E-state index in [1.807, 2.05) is 44.1 Å². The second kappa shape index (κ2) is 9.87. The number of carbonyl (C=O) groups excluding carboxylic acids is 1. The van der Waals surface area contributed by atoms with Gasteiger partial charge in [0.15, 0.2) is 15.0 Å². The highest BCUT2D eigenvalue weighted by molar-refractivity contribution is 7.91. The van der Waals surface area contributed by atoms with E-state index >= 15 is 0 Å². The maximum absolute atomic E-state index is 13.5. The molecule has 162 valence electrons. The molecule has 0 atom stereocenters. The number of amides is 1. The Bertz CT molecular complexity index is 1140. The van der Waals surface area contributed by atoms with E-state index in [4.69, 9.17) is 0 Å². The number of thiazole rings is 1. The van der Waals surface area contributed by atoms with Crippen LogP contribution in [0.2, 0.25) is 0 Å². The SMILES string of the molecule is CCS(=O)(=O)c1ccccc1C(=O)N(CCN(C)C)c1nc2ccc(C)cc2s1.Cl. The Balaban J connectivity index is 0.00000320. The van der Waals surface area contributed by atoms with Gasteiger partial charge in [0.2, 0.25) is 0 Å². The summed E-state index contributed by atoms with van der Waals surface area (Å²) in [6, 6.07) is 12.4. The molecule has 30 heavy (non-hydrogen) atoms. The molecule has 6 nitrogen and oxygen atoms in total. The third-order valence-electron chi connectivity index (χ3n) is 4.61. The van der Waals surface area contributed by atoms with Gasteiger partial charge in [-0.2, -0.15) is 0 Å². The molecule has 0 saturated heterocycles. The molecule has 3 aromatic rings. The first-order valence-electron chi connectivity index (χ1n) is 9.38. The average molecular weight is 468 g/mol. The second-order valence-electron chi connectivity index (χ2n) is 7.13. The minimum atomic E-state index is -3.53. The van der Waals surface area contributed by atoms with Crippen LogP contribution in [-0.2, 0) is 9.84 Å². The topological polar surface area (TPSA) is 70.6 Å². The minimum absolute atomic E-state index is 0. The van der Waals surface area contributed by atoms with E-state index in [1.165, 1.54) is 17.4 Å². The highest BCUT2D eigenvalue weighted by atomic mass is 35.5. The third-order valence-corrected chi connectivity index (χ3v) is 7.44. The number of nitrogens with zero attached hydrogens (tertiary/aromatic N) is 3. The van der Waals surface area contributed by atoms with Crippen LogP contribution in [0.15, 0.2) is 47.4 Å². The lowest BCUT2D eigenvalue weighted by atomic mass is 10.2. The summed E-state index contributed by atoms with van der Waals surface area (Å²) in [4.78, 5) is 21.8. The first-order valence-corrected chi connectivity index (χ1v) is 11.9. The smallest absolute Gasteiger partial charge is 0.261 e. The van der Waals surface area contributed by atoms with Gasteiger partial charge in [-0.15, -0.1) is 12.4 Å². The number of carbonyl (C=O) groups is 1. The van der Waals surface area contributed by atoms with Gasteiger partial charge in [-0.3, -0.25) is 9.69 Å². The quantitative estimate of drug-likeness (QED) is 0.524. The van der Waals surface area contributed by atoms with E-state index < -0.39 is 9.84 Å². The Kier molecular flexibility index (Phi) is 7.99. The lowest BCUT2D eigenvalue weighted by Crippen LogP contribution is -2.37. The molecular formula is C21H26ClN3O3S2. The molecule has 0 unspecified atom stereocenters. The fourth-order valence-electron chi connectivity index (χ4n) is 2.93. The molecule has 0 aliphatic carbocycles. The number of benzene rings is 2. The van der Waals surface area contributed by atoms with Crippen LogP contribution < -0.4 is 4.90 Å². The number of hydrogen-bond donors (Lipinski definition) is 0. The van der Waals surface area contributed by atoms with Crippen molar-refractivity contribution < 1.29 is 13.2 Å². The van der Waals surface area contributed by atoms with E-state index in [-0.39, 0.29) is 34.5 Å². The van der Waals surface area contributed by atoms with Crippen molar-refractivity contribution >= 4 is 54.8 Å². The van der Waals surface area contributed by atoms with E-state index in [2.05, 4.69) is 4.98 Å². The molecule has 0 bridgehead atoms. The monoisotopic (exact) mass is 467 g/mol. The van der Waals surface area contributed by atoms with Crippen LogP contribution in [0.3, 0.4) is 0 Å². The Hall–Kier alpha value is -2.00. The first kappa shape index (κ1) is 24.3. The predicted molar refractivity (Wildman–Crippen MR) is 126 cm³/mol. The minimum Gasteiger partial charge on any atom is -0.308 e. The maximum atomic E-state index is 13.5. The molecule has 0 N–H and O–H groups in total. The second-order valence-corrected chi connectivity index (χ2v) is 10.4. The number of likely N-dealkylation sites (N-methyl/N-ethyl adjacent to an activating group) is 1. The summed E-state index contributed by atoms with van der Waals surface area (Å²) >= 11 is 1.44. The Morgan fingerprint density at radius 3 is 2.47 bits per heavy atom. The van der Waals surface area contributed by atoms with Gasteiger partial charge >= 0.3 is 0 Å². The number of sulfone groups is 1. The van der Waals surface area contributed by atoms with Crippen molar-refractivity contribution in [2.75, 3.05) is 37.8 Å². The van der Waals surface area contributed by atoms with Crippen molar-refractivity contribution in [3.05, 3.63) is 53.6 Å². The van der Waals surface area contributed by atoms with Gasteiger partial charge in [0.05, 0.1) is 26.4 Å². The Labute approximate surface area is 187 Å². The first-order chi connectivity index (χ1) is 13.7. The van der Waals surface area contributed by atoms with Crippen molar-refractivity contribution in [1.29, 1.82) is 0 Å². The molecule has 1 aromatic heterocycles. The van der Waals surface area contributed by atoms with Crippen LogP contribution in [0.5, 0.6) is 0 Å². The molecule has 2 aromatic carbocycles. The summed E-state index contributed by atoms with van der Waals surface area (Å²) in [5.74, 6) is -0.412. The fourth-order valence-corrected chi connectivity index (χ4v) is 5.11. The van der Waals surface area contributed by atoms with Crippen LogP contribution in [0, 0.1) is 6.92 Å². The van der Waals surface area contributed by atoms with Crippen molar-refractivity contribution in [3.63, 3.8) is 0 Å². The zero-order valence-corrected chi connectivity index (χ0v) is 19.9. The largest absolute Gasteiger partial charge is 0.308 e. The molecule has 1 heterocycles. The normalized spacial score (nSPS) is 11.5. The van der Waals surface area contributed by atoms with Gasteiger partial charge in [0, 0.05) is 13.1 Å². The van der Waals surface area contributed by atoms with Gasteiger partial charge in [-0.25, -0.2) is 13.4 Å². The Morgan fingerprint density at radius 1 is 1.10 bits per heavy atom. The van der Waals surface area contributed by atoms with E-state index in [1.54, 1.807) is 30.0 Å². The molecule has 0 saturated carbocycles. The Morgan fingerprint density at radius 2 is 1.80 bits per heavy atom. The van der Waals surface area contributed by atoms with E-state index in [0.29, 0.717) is 18.2 Å². The average Bonchev–Trinajstić information content (AvgIpc) is 3.10. The number of halogens is 1. The summed E-state index contributed by atoms with van der Waals surface area (Å²) in [5.41, 5.74) is 2.13. The summed E-state index contributed by atoms with van der Waals surface area (Å²) in [7, 11) is 0.335. The van der Waals surface area contributed by atoms with Crippen LogP contribution in [-0.4, -0.2) is 57.1 Å². The lowest BCUT2D eigenvalue weighted by molar-refractivity contribution is 0.0982. The van der Waals surface area contributed by atoms with Crippen LogP contribution in [0.25, 0.3) is 10.2 Å². The zero-order chi connectivity index (χ0) is 21.2. The summed E-state index contributed by atoms with van der Waals surface area (Å²) < 4.78 is 26.1. The standard InChI is InChI=1S/C21H25N3O3S2.ClH/c1-5-29(26,27)19-9-7-6-8-16(19)20(25)24(13-12-23(3)4)21-22-17-11-10-15(2)14-18(17)28-21;/h6-11,14H,5,12-13H2,1-4H3;1H. The zero-order valence-electron chi connectivity index (χ0n) is 17.5. The van der Waals surface area contributed by atoms with Gasteiger partial charge < -0.3 is 4.90 Å². The van der Waals surface area contributed by atoms with Crippen molar-refractivity contribution in [2.45, 2.75) is 18.7 Å².